The van der Waals surface area contributed by atoms with Gasteiger partial charge in [-0.15, -0.1) is 0 Å². The highest BCUT2D eigenvalue weighted by atomic mass is 32.2. The second kappa shape index (κ2) is 8.64. The Morgan fingerprint density at radius 3 is 2.52 bits per heavy atom. The summed E-state index contributed by atoms with van der Waals surface area (Å²) in [6.07, 6.45) is 1.91. The molecular weight excluding hydrogens is 334 g/mol. The van der Waals surface area contributed by atoms with Crippen LogP contribution in [0.2, 0.25) is 0 Å². The van der Waals surface area contributed by atoms with E-state index in [1.165, 1.54) is 11.8 Å². The minimum absolute atomic E-state index is 0.127. The van der Waals surface area contributed by atoms with Gasteiger partial charge in [-0.25, -0.2) is 13.1 Å². The first-order chi connectivity index (χ1) is 9.85. The number of benzene rings is 1. The minimum atomic E-state index is -3.80. The van der Waals surface area contributed by atoms with Crippen molar-refractivity contribution >= 4 is 38.0 Å². The molecule has 118 valence electrons. The molecule has 0 saturated carbocycles. The fraction of sp³-hybridized carbons (Fsp3) is 0.417. The quantitative estimate of drug-likeness (QED) is 0.690. The lowest BCUT2D eigenvalue weighted by Gasteiger charge is -2.18. The lowest BCUT2D eigenvalue weighted by Crippen LogP contribution is -2.43. The molecule has 1 rings (SSSR count). The predicted molar refractivity (Wildman–Crippen MR) is 82.9 cm³/mol. The molecule has 0 aliphatic rings. The van der Waals surface area contributed by atoms with Crippen molar-refractivity contribution in [2.45, 2.75) is 18.2 Å². The summed E-state index contributed by atoms with van der Waals surface area (Å²) in [5, 5.41) is -1.14. The Morgan fingerprint density at radius 1 is 1.38 bits per heavy atom. The standard InChI is InChI=1S/C12H17NO5S3/c1-19-8-7-11(12(14)20(15)16)13-21(17,18)9-10-5-3-2-4-6-10/h2-6,11,13H,7-9H2,1H3,(H,15,16)/p-1/t11-/m0/s1. The Hall–Kier alpha value is -0.740. The van der Waals surface area contributed by atoms with Gasteiger partial charge in [0.1, 0.15) is 0 Å². The van der Waals surface area contributed by atoms with Gasteiger partial charge in [-0.1, -0.05) is 30.3 Å². The summed E-state index contributed by atoms with van der Waals surface area (Å²) >= 11 is -1.55. The van der Waals surface area contributed by atoms with Crippen LogP contribution in [0.4, 0.5) is 0 Å². The van der Waals surface area contributed by atoms with Crippen molar-refractivity contribution in [1.29, 1.82) is 0 Å². The number of carbonyl (C=O) groups is 1. The van der Waals surface area contributed by atoms with E-state index in [1.54, 1.807) is 36.6 Å². The second-order valence-corrected chi connectivity index (χ2v) is 7.86. The zero-order chi connectivity index (χ0) is 15.9. The molecule has 0 aliphatic carbocycles. The van der Waals surface area contributed by atoms with Crippen molar-refractivity contribution < 1.29 is 22.0 Å². The summed E-state index contributed by atoms with van der Waals surface area (Å²) in [4.78, 5) is 11.5. The summed E-state index contributed by atoms with van der Waals surface area (Å²) in [6.45, 7) is 0. The SMILES string of the molecule is CSCC[C@H](NS(=O)(=O)Cc1ccccc1)C(=O)S(=O)[O-]. The maximum atomic E-state index is 12.0. The highest BCUT2D eigenvalue weighted by Gasteiger charge is 2.24. The van der Waals surface area contributed by atoms with Crippen molar-refractivity contribution in [1.82, 2.24) is 4.72 Å². The highest BCUT2D eigenvalue weighted by molar-refractivity contribution is 7.98. The van der Waals surface area contributed by atoms with Gasteiger partial charge in [0.25, 0.3) is 0 Å². The van der Waals surface area contributed by atoms with E-state index in [9.17, 15) is 22.0 Å². The lowest BCUT2D eigenvalue weighted by atomic mass is 10.2. The van der Waals surface area contributed by atoms with Crippen LogP contribution in [0.1, 0.15) is 12.0 Å². The number of hydrogen-bond donors (Lipinski definition) is 1. The first kappa shape index (κ1) is 18.3. The molecule has 0 fully saturated rings. The van der Waals surface area contributed by atoms with E-state index in [0.717, 1.165) is 0 Å². The number of sulfonamides is 1. The van der Waals surface area contributed by atoms with Crippen LogP contribution in [0.25, 0.3) is 0 Å². The molecule has 0 aromatic heterocycles. The van der Waals surface area contributed by atoms with Crippen LogP contribution in [0.3, 0.4) is 0 Å². The van der Waals surface area contributed by atoms with Crippen LogP contribution in [-0.2, 0) is 31.7 Å². The summed E-state index contributed by atoms with van der Waals surface area (Å²) in [6, 6.07) is 7.20. The van der Waals surface area contributed by atoms with Gasteiger partial charge in [-0.2, -0.15) is 11.8 Å². The molecule has 1 unspecified atom stereocenters. The molecule has 0 heterocycles. The van der Waals surface area contributed by atoms with Gasteiger partial charge in [-0.3, -0.25) is 9.00 Å². The Morgan fingerprint density at radius 2 is 2.00 bits per heavy atom. The van der Waals surface area contributed by atoms with E-state index in [1.807, 2.05) is 0 Å². The molecule has 1 aromatic rings. The summed E-state index contributed by atoms with van der Waals surface area (Å²) in [7, 11) is -3.80. The van der Waals surface area contributed by atoms with Crippen LogP contribution < -0.4 is 4.72 Å². The molecule has 0 bridgehead atoms. The third-order valence-electron chi connectivity index (χ3n) is 2.58. The van der Waals surface area contributed by atoms with Gasteiger partial charge in [-0.05, 0) is 24.0 Å². The lowest BCUT2D eigenvalue weighted by molar-refractivity contribution is -0.113. The number of thioether (sulfide) groups is 1. The molecule has 0 aliphatic heterocycles. The van der Waals surface area contributed by atoms with Gasteiger partial charge in [0.05, 0.1) is 11.8 Å². The molecule has 0 spiro atoms. The number of nitrogens with one attached hydrogen (secondary N) is 1. The zero-order valence-corrected chi connectivity index (χ0v) is 13.8. The van der Waals surface area contributed by atoms with Crippen LogP contribution in [0, 0.1) is 0 Å². The van der Waals surface area contributed by atoms with E-state index in [4.69, 9.17) is 0 Å². The van der Waals surface area contributed by atoms with Crippen LogP contribution >= 0.6 is 11.8 Å². The summed E-state index contributed by atoms with van der Waals surface area (Å²) in [5.41, 5.74) is 0.560. The van der Waals surface area contributed by atoms with Crippen molar-refractivity contribution in [2.75, 3.05) is 12.0 Å². The van der Waals surface area contributed by atoms with Gasteiger partial charge < -0.3 is 4.55 Å². The summed E-state index contributed by atoms with van der Waals surface area (Å²) in [5.74, 6) is 0.170. The number of hydrogen-bond acceptors (Lipinski definition) is 6. The maximum absolute atomic E-state index is 12.0. The molecule has 6 nitrogen and oxygen atoms in total. The third kappa shape index (κ3) is 6.70. The maximum Gasteiger partial charge on any atom is 0.223 e. The average Bonchev–Trinajstić information content (AvgIpc) is 2.43. The summed E-state index contributed by atoms with van der Waals surface area (Å²) < 4.78 is 47.7. The van der Waals surface area contributed by atoms with Gasteiger partial charge in [0.2, 0.25) is 15.1 Å². The Kier molecular flexibility index (Phi) is 7.53. The molecule has 1 N–H and O–H groups in total. The second-order valence-electron chi connectivity index (χ2n) is 4.25. The molecule has 0 radical (unpaired) electrons. The first-order valence-electron chi connectivity index (χ1n) is 6.01. The molecular formula is C12H16NO5S3-. The van der Waals surface area contributed by atoms with Crippen LogP contribution in [0.5, 0.6) is 0 Å². The van der Waals surface area contributed by atoms with E-state index >= 15 is 0 Å². The van der Waals surface area contributed by atoms with Gasteiger partial charge in [0, 0.05) is 11.1 Å². The Bertz CT molecular complexity index is 588. The van der Waals surface area contributed by atoms with E-state index < -0.39 is 32.3 Å². The minimum Gasteiger partial charge on any atom is -0.766 e. The molecule has 21 heavy (non-hydrogen) atoms. The van der Waals surface area contributed by atoms with Crippen molar-refractivity contribution in [3.8, 4) is 0 Å². The van der Waals surface area contributed by atoms with Gasteiger partial charge in [0.15, 0.2) is 0 Å². The molecule has 0 saturated heterocycles. The Balaban J connectivity index is 2.80. The van der Waals surface area contributed by atoms with E-state index in [0.29, 0.717) is 11.3 Å². The largest absolute Gasteiger partial charge is 0.766 e. The predicted octanol–water partition coefficient (Wildman–Crippen LogP) is 0.633. The molecule has 9 heteroatoms. The Labute approximate surface area is 131 Å². The van der Waals surface area contributed by atoms with Crippen molar-refractivity contribution in [2.24, 2.45) is 0 Å². The smallest absolute Gasteiger partial charge is 0.223 e. The first-order valence-corrected chi connectivity index (χ1v) is 10.1. The molecule has 0 amide bonds. The van der Waals surface area contributed by atoms with Crippen LogP contribution in [-0.4, -0.2) is 40.3 Å². The van der Waals surface area contributed by atoms with Crippen LogP contribution in [0.15, 0.2) is 30.3 Å². The fourth-order valence-electron chi connectivity index (χ4n) is 1.63. The van der Waals surface area contributed by atoms with E-state index in [2.05, 4.69) is 4.72 Å². The number of rotatable bonds is 8. The topological polar surface area (TPSA) is 103 Å². The van der Waals surface area contributed by atoms with Gasteiger partial charge >= 0.3 is 0 Å². The third-order valence-corrected chi connectivity index (χ3v) is 5.19. The van der Waals surface area contributed by atoms with Crippen molar-refractivity contribution in [3.63, 3.8) is 0 Å². The fourth-order valence-corrected chi connectivity index (χ4v) is 3.96. The molecule has 2 atom stereocenters. The average molecular weight is 350 g/mol. The molecule has 1 aromatic carbocycles. The number of carbonyl (C=O) groups excluding carboxylic acids is 1. The normalized spacial score (nSPS) is 14.6. The van der Waals surface area contributed by atoms with Crippen molar-refractivity contribution in [3.05, 3.63) is 35.9 Å². The zero-order valence-electron chi connectivity index (χ0n) is 11.4. The van der Waals surface area contributed by atoms with E-state index in [-0.39, 0.29) is 12.2 Å². The monoisotopic (exact) mass is 350 g/mol. The highest BCUT2D eigenvalue weighted by Crippen LogP contribution is 2.09.